The number of carbonyl (C=O) groups is 1. The van der Waals surface area contributed by atoms with Crippen molar-refractivity contribution in [3.05, 3.63) is 34.9 Å². The molecule has 0 saturated carbocycles. The molecule has 0 radical (unpaired) electrons. The molecule has 1 aromatic carbocycles. The summed E-state index contributed by atoms with van der Waals surface area (Å²) in [4.78, 5) is 14.3. The zero-order valence-electron chi connectivity index (χ0n) is 12.7. The van der Waals surface area contributed by atoms with Crippen LogP contribution in [0.4, 0.5) is 0 Å². The standard InChI is InChI=1S/C16H24ClN3O/c1-20(2)15(12-7-3-4-8-13(12)17)11-19-16(21)14-9-5-6-10-18-14/h3-4,7-8,14-15,18H,5-6,9-11H2,1-2H3,(H,19,21). The third-order valence-electron chi connectivity index (χ3n) is 3.98. The number of hydrogen-bond acceptors (Lipinski definition) is 3. The monoisotopic (exact) mass is 309 g/mol. The largest absolute Gasteiger partial charge is 0.353 e. The second kappa shape index (κ2) is 7.78. The normalized spacial score (nSPS) is 20.3. The molecular weight excluding hydrogens is 286 g/mol. The highest BCUT2D eigenvalue weighted by Crippen LogP contribution is 2.25. The van der Waals surface area contributed by atoms with E-state index < -0.39 is 0 Å². The van der Waals surface area contributed by atoms with Crippen molar-refractivity contribution in [1.29, 1.82) is 0 Å². The number of hydrogen-bond donors (Lipinski definition) is 2. The van der Waals surface area contributed by atoms with Crippen LogP contribution in [0.3, 0.4) is 0 Å². The van der Waals surface area contributed by atoms with Crippen molar-refractivity contribution in [2.45, 2.75) is 31.3 Å². The van der Waals surface area contributed by atoms with Crippen LogP contribution in [-0.4, -0.2) is 44.0 Å². The lowest BCUT2D eigenvalue weighted by Gasteiger charge is -2.28. The van der Waals surface area contributed by atoms with E-state index in [1.54, 1.807) is 0 Å². The van der Waals surface area contributed by atoms with Crippen LogP contribution in [0.5, 0.6) is 0 Å². The lowest BCUT2D eigenvalue weighted by Crippen LogP contribution is -2.48. The smallest absolute Gasteiger partial charge is 0.237 e. The number of halogens is 1. The van der Waals surface area contributed by atoms with Crippen molar-refractivity contribution in [2.24, 2.45) is 0 Å². The zero-order chi connectivity index (χ0) is 15.2. The van der Waals surface area contributed by atoms with Gasteiger partial charge >= 0.3 is 0 Å². The molecule has 1 heterocycles. The molecule has 1 saturated heterocycles. The maximum absolute atomic E-state index is 12.2. The predicted molar refractivity (Wildman–Crippen MR) is 86.5 cm³/mol. The summed E-state index contributed by atoms with van der Waals surface area (Å²) >= 11 is 6.28. The first kappa shape index (κ1) is 16.3. The third kappa shape index (κ3) is 4.43. The predicted octanol–water partition coefficient (Wildman–Crippen LogP) is 2.20. The summed E-state index contributed by atoms with van der Waals surface area (Å²) in [6.45, 7) is 1.49. The Bertz CT molecular complexity index is 472. The molecule has 2 rings (SSSR count). The van der Waals surface area contributed by atoms with E-state index in [1.165, 1.54) is 0 Å². The molecule has 2 N–H and O–H groups in total. The molecule has 116 valence electrons. The van der Waals surface area contributed by atoms with Crippen molar-refractivity contribution >= 4 is 17.5 Å². The van der Waals surface area contributed by atoms with Crippen LogP contribution in [0, 0.1) is 0 Å². The Morgan fingerprint density at radius 3 is 2.81 bits per heavy atom. The fourth-order valence-corrected chi connectivity index (χ4v) is 2.97. The van der Waals surface area contributed by atoms with E-state index >= 15 is 0 Å². The van der Waals surface area contributed by atoms with Crippen LogP contribution < -0.4 is 10.6 Å². The van der Waals surface area contributed by atoms with Crippen molar-refractivity contribution in [1.82, 2.24) is 15.5 Å². The summed E-state index contributed by atoms with van der Waals surface area (Å²) in [5.74, 6) is 0.0913. The maximum Gasteiger partial charge on any atom is 0.237 e. The van der Waals surface area contributed by atoms with E-state index in [1.807, 2.05) is 38.4 Å². The van der Waals surface area contributed by atoms with Gasteiger partial charge in [0.05, 0.1) is 12.1 Å². The Morgan fingerprint density at radius 1 is 1.43 bits per heavy atom. The van der Waals surface area contributed by atoms with Crippen LogP contribution in [-0.2, 0) is 4.79 Å². The summed E-state index contributed by atoms with van der Waals surface area (Å²) < 4.78 is 0. The molecule has 2 atom stereocenters. The molecule has 1 aliphatic rings. The minimum atomic E-state index is -0.0483. The Kier molecular flexibility index (Phi) is 6.03. The summed E-state index contributed by atoms with van der Waals surface area (Å²) in [7, 11) is 4.00. The molecule has 0 aromatic heterocycles. The number of piperidine rings is 1. The molecule has 21 heavy (non-hydrogen) atoms. The van der Waals surface area contributed by atoms with Crippen LogP contribution in [0.25, 0.3) is 0 Å². The van der Waals surface area contributed by atoms with Gasteiger partial charge in [-0.05, 0) is 45.1 Å². The molecule has 1 aliphatic heterocycles. The lowest BCUT2D eigenvalue weighted by atomic mass is 10.0. The Balaban J connectivity index is 1.97. The Morgan fingerprint density at radius 2 is 2.19 bits per heavy atom. The maximum atomic E-state index is 12.2. The quantitative estimate of drug-likeness (QED) is 0.876. The van der Waals surface area contributed by atoms with E-state index in [-0.39, 0.29) is 18.0 Å². The highest BCUT2D eigenvalue weighted by Gasteiger charge is 2.23. The number of benzene rings is 1. The van der Waals surface area contributed by atoms with Gasteiger partial charge in [0.25, 0.3) is 0 Å². The Hall–Kier alpha value is -1.10. The van der Waals surface area contributed by atoms with Gasteiger partial charge in [-0.3, -0.25) is 4.79 Å². The summed E-state index contributed by atoms with van der Waals surface area (Å²) in [5.41, 5.74) is 1.04. The molecule has 2 unspecified atom stereocenters. The van der Waals surface area contributed by atoms with E-state index in [9.17, 15) is 4.79 Å². The average molecular weight is 310 g/mol. The van der Waals surface area contributed by atoms with Gasteiger partial charge in [-0.2, -0.15) is 0 Å². The van der Waals surface area contributed by atoms with Gasteiger partial charge in [0.1, 0.15) is 0 Å². The number of carbonyl (C=O) groups excluding carboxylic acids is 1. The first-order chi connectivity index (χ1) is 10.1. The van der Waals surface area contributed by atoms with E-state index in [2.05, 4.69) is 15.5 Å². The molecule has 0 bridgehead atoms. The molecule has 1 aromatic rings. The highest BCUT2D eigenvalue weighted by molar-refractivity contribution is 6.31. The van der Waals surface area contributed by atoms with Gasteiger partial charge in [-0.1, -0.05) is 36.2 Å². The zero-order valence-corrected chi connectivity index (χ0v) is 13.5. The van der Waals surface area contributed by atoms with Crippen LogP contribution in [0.15, 0.2) is 24.3 Å². The number of likely N-dealkylation sites (N-methyl/N-ethyl adjacent to an activating group) is 1. The van der Waals surface area contributed by atoms with Gasteiger partial charge in [0.15, 0.2) is 0 Å². The molecule has 0 aliphatic carbocycles. The molecule has 4 nitrogen and oxygen atoms in total. The first-order valence-corrected chi connectivity index (χ1v) is 7.89. The van der Waals surface area contributed by atoms with Gasteiger partial charge in [0, 0.05) is 11.6 Å². The number of nitrogens with one attached hydrogen (secondary N) is 2. The van der Waals surface area contributed by atoms with Crippen molar-refractivity contribution in [3.8, 4) is 0 Å². The topological polar surface area (TPSA) is 44.4 Å². The second-order valence-corrected chi connectivity index (χ2v) is 6.16. The van der Waals surface area contributed by atoms with E-state index in [0.717, 1.165) is 36.4 Å². The van der Waals surface area contributed by atoms with Crippen LogP contribution >= 0.6 is 11.6 Å². The number of amides is 1. The lowest BCUT2D eigenvalue weighted by molar-refractivity contribution is -0.123. The first-order valence-electron chi connectivity index (χ1n) is 7.51. The Labute approximate surface area is 131 Å². The van der Waals surface area contributed by atoms with Crippen molar-refractivity contribution < 1.29 is 4.79 Å². The fraction of sp³-hybridized carbons (Fsp3) is 0.562. The molecule has 5 heteroatoms. The molecule has 1 amide bonds. The van der Waals surface area contributed by atoms with Gasteiger partial charge < -0.3 is 15.5 Å². The fourth-order valence-electron chi connectivity index (χ4n) is 2.71. The number of rotatable bonds is 5. The average Bonchev–Trinajstić information content (AvgIpc) is 2.49. The van der Waals surface area contributed by atoms with Gasteiger partial charge in [-0.15, -0.1) is 0 Å². The summed E-state index contributed by atoms with van der Waals surface area (Å²) in [6.07, 6.45) is 3.20. The molecule has 1 fully saturated rings. The second-order valence-electron chi connectivity index (χ2n) is 5.75. The van der Waals surface area contributed by atoms with E-state index in [0.29, 0.717) is 6.54 Å². The SMILES string of the molecule is CN(C)C(CNC(=O)C1CCCCN1)c1ccccc1Cl. The summed E-state index contributed by atoms with van der Waals surface area (Å²) in [6, 6.07) is 7.82. The van der Waals surface area contributed by atoms with Crippen molar-refractivity contribution in [2.75, 3.05) is 27.2 Å². The van der Waals surface area contributed by atoms with Crippen LogP contribution in [0.1, 0.15) is 30.9 Å². The highest BCUT2D eigenvalue weighted by atomic mass is 35.5. The third-order valence-corrected chi connectivity index (χ3v) is 4.33. The van der Waals surface area contributed by atoms with Gasteiger partial charge in [-0.25, -0.2) is 0 Å². The van der Waals surface area contributed by atoms with Crippen LogP contribution in [0.2, 0.25) is 5.02 Å². The number of nitrogens with zero attached hydrogens (tertiary/aromatic N) is 1. The summed E-state index contributed by atoms with van der Waals surface area (Å²) in [5, 5.41) is 7.07. The minimum Gasteiger partial charge on any atom is -0.353 e. The molecule has 0 spiro atoms. The minimum absolute atomic E-state index is 0.0483. The van der Waals surface area contributed by atoms with E-state index in [4.69, 9.17) is 11.6 Å². The molecular formula is C16H24ClN3O. The van der Waals surface area contributed by atoms with Gasteiger partial charge in [0.2, 0.25) is 5.91 Å². The van der Waals surface area contributed by atoms with Crippen molar-refractivity contribution in [3.63, 3.8) is 0 Å².